The molecule has 0 unspecified atom stereocenters. The number of fused-ring (bicyclic) bond motifs is 1. The normalized spacial score (nSPS) is 14.8. The van der Waals surface area contributed by atoms with Gasteiger partial charge in [-0.25, -0.2) is 8.42 Å². The van der Waals surface area contributed by atoms with Crippen LogP contribution < -0.4 is 4.72 Å². The lowest BCUT2D eigenvalue weighted by atomic mass is 9.90. The molecule has 0 aliphatic heterocycles. The van der Waals surface area contributed by atoms with Crippen molar-refractivity contribution in [3.05, 3.63) is 65.2 Å². The van der Waals surface area contributed by atoms with E-state index in [0.29, 0.717) is 5.56 Å². The van der Waals surface area contributed by atoms with Crippen LogP contribution in [0.4, 0.5) is 0 Å². The minimum absolute atomic E-state index is 0.0635. The molecule has 2 aromatic rings. The van der Waals surface area contributed by atoms with Gasteiger partial charge in [-0.15, -0.1) is 0 Å². The van der Waals surface area contributed by atoms with Crippen LogP contribution in [0.15, 0.2) is 53.4 Å². The zero-order valence-electron chi connectivity index (χ0n) is 17.3. The van der Waals surface area contributed by atoms with Crippen molar-refractivity contribution in [3.63, 3.8) is 0 Å². The second-order valence-corrected chi connectivity index (χ2v) is 9.59. The van der Waals surface area contributed by atoms with Crippen molar-refractivity contribution < 1.29 is 22.7 Å². The Hall–Kier alpha value is -2.51. The third-order valence-corrected chi connectivity index (χ3v) is 6.73. The van der Waals surface area contributed by atoms with Crippen LogP contribution in [0.5, 0.6) is 0 Å². The number of carbonyl (C=O) groups is 2. The molecule has 0 radical (unpaired) electrons. The number of nitrogens with one attached hydrogen (secondary N) is 1. The number of hydrogen-bond donors (Lipinski definition) is 1. The van der Waals surface area contributed by atoms with E-state index in [0.717, 1.165) is 25.7 Å². The minimum atomic E-state index is -3.89. The summed E-state index contributed by atoms with van der Waals surface area (Å²) >= 11 is 0. The van der Waals surface area contributed by atoms with Crippen LogP contribution in [-0.2, 0) is 32.4 Å². The molecule has 30 heavy (non-hydrogen) atoms. The monoisotopic (exact) mass is 429 g/mol. The van der Waals surface area contributed by atoms with Gasteiger partial charge < -0.3 is 4.74 Å². The maximum atomic E-state index is 12.6. The number of sulfonamides is 1. The number of esters is 1. The molecule has 0 aromatic heterocycles. The summed E-state index contributed by atoms with van der Waals surface area (Å²) < 4.78 is 32.7. The second kappa shape index (κ2) is 9.53. The maximum Gasteiger partial charge on any atom is 0.324 e. The van der Waals surface area contributed by atoms with Crippen molar-refractivity contribution in [1.29, 1.82) is 0 Å². The molecule has 0 spiro atoms. The number of ether oxygens (including phenoxy) is 1. The molecule has 3 rings (SSSR count). The lowest BCUT2D eigenvalue weighted by Crippen LogP contribution is -2.45. The lowest BCUT2D eigenvalue weighted by Gasteiger charge is -2.21. The van der Waals surface area contributed by atoms with Crippen LogP contribution in [0.1, 0.15) is 48.2 Å². The van der Waals surface area contributed by atoms with E-state index in [1.807, 2.05) is 12.1 Å². The molecule has 1 aliphatic carbocycles. The summed E-state index contributed by atoms with van der Waals surface area (Å²) in [5.74, 6) is -1.42. The Morgan fingerprint density at radius 1 is 1.00 bits per heavy atom. The van der Waals surface area contributed by atoms with Crippen LogP contribution >= 0.6 is 0 Å². The Labute approximate surface area is 177 Å². The molecule has 1 aliphatic rings. The Balaban J connectivity index is 1.65. The van der Waals surface area contributed by atoms with Gasteiger partial charge in [0.15, 0.2) is 12.4 Å². The molecule has 0 heterocycles. The highest BCUT2D eigenvalue weighted by Gasteiger charge is 2.30. The summed E-state index contributed by atoms with van der Waals surface area (Å²) in [4.78, 5) is 25.1. The van der Waals surface area contributed by atoms with Crippen LogP contribution in [0.25, 0.3) is 0 Å². The first-order valence-corrected chi connectivity index (χ1v) is 11.7. The third kappa shape index (κ3) is 5.34. The van der Waals surface area contributed by atoms with E-state index in [9.17, 15) is 18.0 Å². The van der Waals surface area contributed by atoms with E-state index >= 15 is 0 Å². The van der Waals surface area contributed by atoms with Crippen LogP contribution in [0, 0.1) is 5.92 Å². The van der Waals surface area contributed by atoms with Crippen molar-refractivity contribution in [3.8, 4) is 0 Å². The molecule has 1 N–H and O–H groups in total. The van der Waals surface area contributed by atoms with Crippen LogP contribution in [0.3, 0.4) is 0 Å². The van der Waals surface area contributed by atoms with Crippen molar-refractivity contribution in [1.82, 2.24) is 4.72 Å². The number of ketones is 1. The molecule has 7 heteroatoms. The number of aryl methyl sites for hydroxylation is 2. The van der Waals surface area contributed by atoms with E-state index in [-0.39, 0.29) is 16.6 Å². The average molecular weight is 430 g/mol. The zero-order valence-corrected chi connectivity index (χ0v) is 18.1. The molecule has 2 aromatic carbocycles. The lowest BCUT2D eigenvalue weighted by molar-refractivity contribution is -0.145. The Bertz CT molecular complexity index is 1020. The number of hydrogen-bond acceptors (Lipinski definition) is 5. The van der Waals surface area contributed by atoms with Crippen molar-refractivity contribution in [2.45, 2.75) is 50.5 Å². The topological polar surface area (TPSA) is 89.5 Å². The van der Waals surface area contributed by atoms with E-state index in [1.165, 1.54) is 23.3 Å². The summed E-state index contributed by atoms with van der Waals surface area (Å²) in [5, 5.41) is 0. The van der Waals surface area contributed by atoms with Crippen LogP contribution in [-0.4, -0.2) is 32.8 Å². The fourth-order valence-corrected chi connectivity index (χ4v) is 4.86. The quantitative estimate of drug-likeness (QED) is 0.514. The molecule has 0 bridgehead atoms. The van der Waals surface area contributed by atoms with Crippen molar-refractivity contribution in [2.75, 3.05) is 6.61 Å². The van der Waals surface area contributed by atoms with Gasteiger partial charge in [0.25, 0.3) is 0 Å². The first kappa shape index (κ1) is 22.2. The first-order valence-electron chi connectivity index (χ1n) is 10.2. The minimum Gasteiger partial charge on any atom is -0.456 e. The molecule has 0 fully saturated rings. The summed E-state index contributed by atoms with van der Waals surface area (Å²) in [6.07, 6.45) is 4.24. The van der Waals surface area contributed by atoms with Gasteiger partial charge in [0, 0.05) is 5.56 Å². The predicted octanol–water partition coefficient (Wildman–Crippen LogP) is 3.29. The summed E-state index contributed by atoms with van der Waals surface area (Å²) in [5.41, 5.74) is 2.95. The fraction of sp³-hybridized carbons (Fsp3) is 0.391. The Morgan fingerprint density at radius 2 is 1.67 bits per heavy atom. The highest BCUT2D eigenvalue weighted by atomic mass is 32.2. The highest BCUT2D eigenvalue weighted by molar-refractivity contribution is 7.89. The summed E-state index contributed by atoms with van der Waals surface area (Å²) in [7, 11) is -3.89. The number of benzene rings is 2. The van der Waals surface area contributed by atoms with Gasteiger partial charge in [0.1, 0.15) is 6.04 Å². The van der Waals surface area contributed by atoms with Gasteiger partial charge >= 0.3 is 5.97 Å². The van der Waals surface area contributed by atoms with Gasteiger partial charge in [-0.3, -0.25) is 9.59 Å². The van der Waals surface area contributed by atoms with Crippen LogP contribution in [0.2, 0.25) is 0 Å². The molecule has 160 valence electrons. The van der Waals surface area contributed by atoms with Crippen molar-refractivity contribution in [2.24, 2.45) is 5.92 Å². The standard InChI is InChI=1S/C23H27NO5S/c1-16(2)22(24-30(27,28)20-10-4-3-5-11-20)23(26)29-15-21(25)19-13-12-17-8-6-7-9-18(17)14-19/h3-5,10-14,16,22,24H,6-9,15H2,1-2H3/t22-/m0/s1. The van der Waals surface area contributed by atoms with Gasteiger partial charge in [-0.1, -0.05) is 44.2 Å². The summed E-state index contributed by atoms with van der Waals surface area (Å²) in [6.45, 7) is 3.00. The van der Waals surface area contributed by atoms with Crippen molar-refractivity contribution >= 4 is 21.8 Å². The second-order valence-electron chi connectivity index (χ2n) is 7.88. The molecular formula is C23H27NO5S. The molecule has 0 saturated carbocycles. The molecule has 0 amide bonds. The smallest absolute Gasteiger partial charge is 0.324 e. The van der Waals surface area contributed by atoms with E-state index in [4.69, 9.17) is 4.74 Å². The SMILES string of the molecule is CC(C)[C@H](NS(=O)(=O)c1ccccc1)C(=O)OCC(=O)c1ccc2c(c1)CCCC2. The third-order valence-electron chi connectivity index (χ3n) is 5.27. The first-order chi connectivity index (χ1) is 14.3. The molecule has 0 saturated heterocycles. The van der Waals surface area contributed by atoms with E-state index in [1.54, 1.807) is 38.1 Å². The number of Topliss-reactive ketones (excluding diaryl/α,β-unsaturated/α-hetero) is 1. The Morgan fingerprint density at radius 3 is 2.33 bits per heavy atom. The summed E-state index contributed by atoms with van der Waals surface area (Å²) in [6, 6.07) is 12.3. The highest BCUT2D eigenvalue weighted by Crippen LogP contribution is 2.22. The van der Waals surface area contributed by atoms with E-state index in [2.05, 4.69) is 4.72 Å². The number of rotatable bonds is 8. The molecule has 1 atom stereocenters. The zero-order chi connectivity index (χ0) is 21.7. The fourth-order valence-electron chi connectivity index (χ4n) is 3.51. The van der Waals surface area contributed by atoms with Gasteiger partial charge in [0.2, 0.25) is 10.0 Å². The molecule has 6 nitrogen and oxygen atoms in total. The number of carbonyl (C=O) groups excluding carboxylic acids is 2. The molecular weight excluding hydrogens is 402 g/mol. The van der Waals surface area contributed by atoms with E-state index < -0.39 is 28.6 Å². The van der Waals surface area contributed by atoms with Gasteiger partial charge in [-0.2, -0.15) is 4.72 Å². The van der Waals surface area contributed by atoms with Gasteiger partial charge in [-0.05, 0) is 60.9 Å². The van der Waals surface area contributed by atoms with Gasteiger partial charge in [0.05, 0.1) is 4.90 Å². The predicted molar refractivity (Wildman–Crippen MR) is 114 cm³/mol. The Kier molecular flexibility index (Phi) is 7.05. The largest absolute Gasteiger partial charge is 0.456 e. The average Bonchev–Trinajstić information content (AvgIpc) is 2.75. The maximum absolute atomic E-state index is 12.6.